The Labute approximate surface area is 137 Å². The van der Waals surface area contributed by atoms with Gasteiger partial charge in [0.05, 0.1) is 12.7 Å². The predicted octanol–water partition coefficient (Wildman–Crippen LogP) is 1.95. The minimum atomic E-state index is -0.485. The van der Waals surface area contributed by atoms with Crippen LogP contribution in [0, 0.1) is 0 Å². The molecule has 0 saturated carbocycles. The van der Waals surface area contributed by atoms with Crippen LogP contribution in [0.1, 0.15) is 19.4 Å². The highest BCUT2D eigenvalue weighted by Gasteiger charge is 2.16. The number of carbonyl (C=O) groups excluding carboxylic acids is 1. The summed E-state index contributed by atoms with van der Waals surface area (Å²) in [5.41, 5.74) is 1.48. The van der Waals surface area contributed by atoms with Crippen molar-refractivity contribution in [3.05, 3.63) is 29.8 Å². The smallest absolute Gasteiger partial charge is 0.411 e. The van der Waals surface area contributed by atoms with Gasteiger partial charge in [-0.05, 0) is 31.5 Å². The molecule has 0 bridgehead atoms. The van der Waals surface area contributed by atoms with E-state index in [9.17, 15) is 4.79 Å². The van der Waals surface area contributed by atoms with E-state index in [4.69, 9.17) is 4.74 Å². The first kappa shape index (κ1) is 18.8. The van der Waals surface area contributed by atoms with Gasteiger partial charge in [0, 0.05) is 32.9 Å². The summed E-state index contributed by atoms with van der Waals surface area (Å²) in [5.74, 6) is 0.701. The van der Waals surface area contributed by atoms with Crippen molar-refractivity contribution in [2.45, 2.75) is 26.0 Å². The second-order valence-electron chi connectivity index (χ2n) is 5.56. The summed E-state index contributed by atoms with van der Waals surface area (Å²) in [4.78, 5) is 15.3. The molecule has 0 aliphatic rings. The maximum absolute atomic E-state index is 11.1. The molecule has 1 rings (SSSR count). The summed E-state index contributed by atoms with van der Waals surface area (Å²) in [6.07, 6.45) is -0.485. The molecule has 0 aliphatic carbocycles. The average molecular weight is 322 g/mol. The number of nitrogens with zero attached hydrogens (tertiary/aromatic N) is 1. The van der Waals surface area contributed by atoms with Crippen molar-refractivity contribution >= 4 is 17.7 Å². The number of rotatable bonds is 6. The Morgan fingerprint density at radius 2 is 1.83 bits per heavy atom. The quantitative estimate of drug-likeness (QED) is 0.551. The normalized spacial score (nSPS) is 11.8. The number of guanidine groups is 1. The predicted molar refractivity (Wildman–Crippen MR) is 91.8 cm³/mol. The molecule has 7 nitrogen and oxygen atoms in total. The fourth-order valence-electron chi connectivity index (χ4n) is 1.65. The average Bonchev–Trinajstić information content (AvgIpc) is 2.56. The molecular weight excluding hydrogens is 296 g/mol. The third kappa shape index (κ3) is 7.01. The van der Waals surface area contributed by atoms with Crippen LogP contribution in [0.4, 0.5) is 10.5 Å². The Bertz CT molecular complexity index is 527. The zero-order chi connectivity index (χ0) is 17.3. The first-order valence-electron chi connectivity index (χ1n) is 7.34. The van der Waals surface area contributed by atoms with Crippen LogP contribution < -0.4 is 16.0 Å². The molecule has 1 amide bonds. The number of anilines is 1. The van der Waals surface area contributed by atoms with Gasteiger partial charge in [-0.25, -0.2) is 4.79 Å². The third-order valence-electron chi connectivity index (χ3n) is 3.30. The van der Waals surface area contributed by atoms with Crippen molar-refractivity contribution in [3.8, 4) is 0 Å². The molecule has 0 spiro atoms. The molecule has 0 aliphatic heterocycles. The van der Waals surface area contributed by atoms with Crippen LogP contribution >= 0.6 is 0 Å². The first-order chi connectivity index (χ1) is 10.9. The van der Waals surface area contributed by atoms with Crippen LogP contribution in [0.25, 0.3) is 0 Å². The number of ether oxygens (including phenoxy) is 2. The minimum absolute atomic E-state index is 0.265. The minimum Gasteiger partial charge on any atom is -0.453 e. The molecule has 0 heterocycles. The third-order valence-corrected chi connectivity index (χ3v) is 3.30. The van der Waals surface area contributed by atoms with Crippen LogP contribution in [0.5, 0.6) is 0 Å². The molecule has 7 heteroatoms. The number of benzene rings is 1. The van der Waals surface area contributed by atoms with Gasteiger partial charge in [-0.2, -0.15) is 0 Å². The van der Waals surface area contributed by atoms with E-state index >= 15 is 0 Å². The van der Waals surface area contributed by atoms with Crippen molar-refractivity contribution in [1.82, 2.24) is 10.6 Å². The monoisotopic (exact) mass is 322 g/mol. The second-order valence-corrected chi connectivity index (χ2v) is 5.56. The van der Waals surface area contributed by atoms with Gasteiger partial charge in [0.25, 0.3) is 0 Å². The Hall–Kier alpha value is -2.28. The number of hydrogen-bond donors (Lipinski definition) is 3. The van der Waals surface area contributed by atoms with E-state index in [1.54, 1.807) is 14.2 Å². The molecule has 0 unspecified atom stereocenters. The largest absolute Gasteiger partial charge is 0.453 e. The molecule has 1 aromatic rings. The molecule has 23 heavy (non-hydrogen) atoms. The number of amides is 1. The number of nitrogens with one attached hydrogen (secondary N) is 3. The maximum Gasteiger partial charge on any atom is 0.411 e. The van der Waals surface area contributed by atoms with E-state index in [0.717, 1.165) is 5.56 Å². The fraction of sp³-hybridized carbons (Fsp3) is 0.500. The lowest BCUT2D eigenvalue weighted by Crippen LogP contribution is -2.45. The summed E-state index contributed by atoms with van der Waals surface area (Å²) in [6, 6.07) is 7.48. The number of carbonyl (C=O) groups is 1. The molecule has 0 atom stereocenters. The fourth-order valence-corrected chi connectivity index (χ4v) is 1.65. The summed E-state index contributed by atoms with van der Waals surface area (Å²) >= 11 is 0. The van der Waals surface area contributed by atoms with Gasteiger partial charge >= 0.3 is 6.09 Å². The van der Waals surface area contributed by atoms with Crippen LogP contribution in [0.15, 0.2) is 29.3 Å². The summed E-state index contributed by atoms with van der Waals surface area (Å²) in [5, 5.41) is 9.05. The summed E-state index contributed by atoms with van der Waals surface area (Å²) < 4.78 is 9.90. The second kappa shape index (κ2) is 8.99. The Kier molecular flexibility index (Phi) is 7.34. The SMILES string of the molecule is CN=C(NCc1ccc(NC(=O)OC)cc1)NCC(C)(C)OC. The van der Waals surface area contributed by atoms with E-state index in [1.165, 1.54) is 7.11 Å². The van der Waals surface area contributed by atoms with E-state index in [1.807, 2.05) is 38.1 Å². The summed E-state index contributed by atoms with van der Waals surface area (Å²) in [7, 11) is 4.73. The van der Waals surface area contributed by atoms with Crippen molar-refractivity contribution < 1.29 is 14.3 Å². The highest BCUT2D eigenvalue weighted by Crippen LogP contribution is 2.09. The van der Waals surface area contributed by atoms with Gasteiger partial charge in [0.15, 0.2) is 5.96 Å². The lowest BCUT2D eigenvalue weighted by molar-refractivity contribution is 0.0268. The van der Waals surface area contributed by atoms with Gasteiger partial charge in [-0.1, -0.05) is 12.1 Å². The Morgan fingerprint density at radius 3 is 2.35 bits per heavy atom. The van der Waals surface area contributed by atoms with Crippen LogP contribution in [-0.4, -0.2) is 45.5 Å². The molecule has 0 saturated heterocycles. The van der Waals surface area contributed by atoms with E-state index in [-0.39, 0.29) is 5.60 Å². The lowest BCUT2D eigenvalue weighted by atomic mass is 10.1. The van der Waals surface area contributed by atoms with Gasteiger partial charge in [-0.15, -0.1) is 0 Å². The lowest BCUT2D eigenvalue weighted by Gasteiger charge is -2.24. The van der Waals surface area contributed by atoms with Gasteiger partial charge in [0.1, 0.15) is 0 Å². The Morgan fingerprint density at radius 1 is 1.17 bits per heavy atom. The zero-order valence-corrected chi connectivity index (χ0v) is 14.4. The maximum atomic E-state index is 11.1. The van der Waals surface area contributed by atoms with Crippen molar-refractivity contribution in [1.29, 1.82) is 0 Å². The van der Waals surface area contributed by atoms with Gasteiger partial charge in [0.2, 0.25) is 0 Å². The number of aliphatic imine (C=N–C) groups is 1. The molecule has 3 N–H and O–H groups in total. The summed E-state index contributed by atoms with van der Waals surface area (Å²) in [6.45, 7) is 5.26. The van der Waals surface area contributed by atoms with E-state index < -0.39 is 6.09 Å². The molecule has 0 fully saturated rings. The number of hydrogen-bond acceptors (Lipinski definition) is 4. The topological polar surface area (TPSA) is 84.0 Å². The molecular formula is C16H26N4O3. The van der Waals surface area contributed by atoms with E-state index in [0.29, 0.717) is 24.7 Å². The molecule has 1 aromatic carbocycles. The van der Waals surface area contributed by atoms with E-state index in [2.05, 4.69) is 25.7 Å². The molecule has 0 radical (unpaired) electrons. The highest BCUT2D eigenvalue weighted by molar-refractivity contribution is 5.84. The zero-order valence-electron chi connectivity index (χ0n) is 14.4. The standard InChI is InChI=1S/C16H26N4O3/c1-16(2,23-5)11-19-14(17-3)18-10-12-6-8-13(9-7-12)20-15(21)22-4/h6-9H,10-11H2,1-5H3,(H,20,21)(H2,17,18,19). The van der Waals surface area contributed by atoms with Crippen molar-refractivity contribution in [2.24, 2.45) is 4.99 Å². The first-order valence-corrected chi connectivity index (χ1v) is 7.34. The van der Waals surface area contributed by atoms with Crippen molar-refractivity contribution in [3.63, 3.8) is 0 Å². The number of methoxy groups -OCH3 is 2. The molecule has 0 aromatic heterocycles. The van der Waals surface area contributed by atoms with Crippen LogP contribution in [-0.2, 0) is 16.0 Å². The van der Waals surface area contributed by atoms with Crippen LogP contribution in [0.3, 0.4) is 0 Å². The van der Waals surface area contributed by atoms with Gasteiger partial charge < -0.3 is 20.1 Å². The molecule has 128 valence electrons. The van der Waals surface area contributed by atoms with Crippen LogP contribution in [0.2, 0.25) is 0 Å². The van der Waals surface area contributed by atoms with Gasteiger partial charge in [-0.3, -0.25) is 10.3 Å². The van der Waals surface area contributed by atoms with Crippen molar-refractivity contribution in [2.75, 3.05) is 33.1 Å². The Balaban J connectivity index is 2.48. The highest BCUT2D eigenvalue weighted by atomic mass is 16.5.